The molecule has 0 N–H and O–H groups in total. The van der Waals surface area contributed by atoms with E-state index in [0.29, 0.717) is 16.9 Å². The lowest BCUT2D eigenvalue weighted by atomic mass is 10.0. The Bertz CT molecular complexity index is 506. The summed E-state index contributed by atoms with van der Waals surface area (Å²) in [5.74, 6) is 1.20. The van der Waals surface area contributed by atoms with Crippen LogP contribution in [0.5, 0.6) is 0 Å². The van der Waals surface area contributed by atoms with E-state index < -0.39 is 0 Å². The highest BCUT2D eigenvalue weighted by Crippen LogP contribution is 2.34. The average Bonchev–Trinajstić information content (AvgIpc) is 3.02. The molecule has 3 rings (SSSR count). The van der Waals surface area contributed by atoms with Crippen LogP contribution in [0.4, 0.5) is 0 Å². The van der Waals surface area contributed by atoms with Crippen LogP contribution in [0.3, 0.4) is 0 Å². The number of halogens is 1. The zero-order valence-corrected chi connectivity index (χ0v) is 10.8. The lowest BCUT2D eigenvalue weighted by Gasteiger charge is -2.09. The predicted molar refractivity (Wildman–Crippen MR) is 69.4 cm³/mol. The molecule has 0 aromatic carbocycles. The Hall–Kier alpha value is -1.00. The summed E-state index contributed by atoms with van der Waals surface area (Å²) in [5.41, 5.74) is 3.68. The molecule has 0 spiro atoms. The van der Waals surface area contributed by atoms with E-state index in [4.69, 9.17) is 11.6 Å². The van der Waals surface area contributed by atoms with Gasteiger partial charge in [-0.3, -0.25) is 0 Å². The van der Waals surface area contributed by atoms with Crippen LogP contribution >= 0.6 is 22.9 Å². The Morgan fingerprint density at radius 2 is 2.06 bits per heavy atom. The fourth-order valence-electron chi connectivity index (χ4n) is 2.30. The second kappa shape index (κ2) is 4.70. The minimum Gasteiger partial charge on any atom is -0.241 e. The third-order valence-corrected chi connectivity index (χ3v) is 3.93. The third-order valence-electron chi connectivity index (χ3n) is 3.15. The smallest absolute Gasteiger partial charge is 0.180 e. The normalized spacial score (nSPS) is 16.5. The monoisotopic (exact) mass is 265 g/mol. The van der Waals surface area contributed by atoms with Crippen LogP contribution in [0.25, 0.3) is 11.5 Å². The van der Waals surface area contributed by atoms with E-state index in [-0.39, 0.29) is 0 Å². The van der Waals surface area contributed by atoms with Gasteiger partial charge in [0.1, 0.15) is 10.8 Å². The van der Waals surface area contributed by atoms with Gasteiger partial charge in [-0.2, -0.15) is 0 Å². The molecule has 3 nitrogen and oxygen atoms in total. The Morgan fingerprint density at radius 3 is 2.76 bits per heavy atom. The first kappa shape index (κ1) is 11.1. The van der Waals surface area contributed by atoms with Crippen molar-refractivity contribution in [2.24, 2.45) is 0 Å². The maximum Gasteiger partial charge on any atom is 0.180 e. The van der Waals surface area contributed by atoms with E-state index >= 15 is 0 Å². The summed E-state index contributed by atoms with van der Waals surface area (Å²) >= 11 is 7.61. The molecule has 0 bridgehead atoms. The molecule has 0 radical (unpaired) electrons. The molecular formula is C12H12ClN3S. The van der Waals surface area contributed by atoms with Crippen molar-refractivity contribution in [3.05, 3.63) is 27.8 Å². The van der Waals surface area contributed by atoms with Crippen molar-refractivity contribution in [1.82, 2.24) is 15.0 Å². The fraction of sp³-hybridized carbons (Fsp3) is 0.417. The lowest BCUT2D eigenvalue weighted by molar-refractivity contribution is 0.695. The van der Waals surface area contributed by atoms with Crippen molar-refractivity contribution in [2.45, 2.75) is 31.6 Å². The van der Waals surface area contributed by atoms with Gasteiger partial charge < -0.3 is 0 Å². The first-order chi connectivity index (χ1) is 8.33. The highest BCUT2D eigenvalue weighted by molar-refractivity contribution is 7.07. The number of aromatic nitrogens is 3. The van der Waals surface area contributed by atoms with Crippen molar-refractivity contribution in [2.75, 3.05) is 0 Å². The van der Waals surface area contributed by atoms with Crippen molar-refractivity contribution in [1.29, 1.82) is 0 Å². The van der Waals surface area contributed by atoms with Gasteiger partial charge in [0.25, 0.3) is 0 Å². The molecule has 1 aliphatic rings. The maximum absolute atomic E-state index is 6.07. The first-order valence-corrected chi connectivity index (χ1v) is 7.08. The van der Waals surface area contributed by atoms with Crippen molar-refractivity contribution >= 4 is 22.9 Å². The molecule has 1 saturated carbocycles. The number of hydrogen-bond donors (Lipinski definition) is 0. The molecule has 0 unspecified atom stereocenters. The number of thiazole rings is 1. The van der Waals surface area contributed by atoms with Crippen LogP contribution in [0.2, 0.25) is 5.15 Å². The Balaban J connectivity index is 2.00. The minimum atomic E-state index is 0.518. The average molecular weight is 266 g/mol. The van der Waals surface area contributed by atoms with Crippen LogP contribution < -0.4 is 0 Å². The second-order valence-corrected chi connectivity index (χ2v) is 5.40. The van der Waals surface area contributed by atoms with E-state index in [1.165, 1.54) is 25.7 Å². The molecule has 0 aliphatic heterocycles. The molecule has 0 atom stereocenters. The molecule has 1 aliphatic carbocycles. The molecule has 1 fully saturated rings. The number of rotatable bonds is 2. The summed E-state index contributed by atoms with van der Waals surface area (Å²) in [7, 11) is 0. The molecule has 88 valence electrons. The molecule has 2 heterocycles. The van der Waals surface area contributed by atoms with Gasteiger partial charge in [0.2, 0.25) is 0 Å². The summed E-state index contributed by atoms with van der Waals surface area (Å²) in [6.45, 7) is 0. The van der Waals surface area contributed by atoms with E-state index in [1.54, 1.807) is 16.8 Å². The topological polar surface area (TPSA) is 38.7 Å². The van der Waals surface area contributed by atoms with E-state index in [2.05, 4.69) is 15.0 Å². The SMILES string of the molecule is Clc1cc(C2CCCC2)nc(-c2cscn2)n1. The second-order valence-electron chi connectivity index (χ2n) is 4.29. The van der Waals surface area contributed by atoms with E-state index in [9.17, 15) is 0 Å². The molecular weight excluding hydrogens is 254 g/mol. The van der Waals surface area contributed by atoms with Crippen molar-refractivity contribution in [3.63, 3.8) is 0 Å². The Morgan fingerprint density at radius 1 is 1.24 bits per heavy atom. The molecule has 2 aromatic heterocycles. The summed E-state index contributed by atoms with van der Waals surface area (Å²) < 4.78 is 0. The standard InChI is InChI=1S/C12H12ClN3S/c13-11-5-9(8-3-1-2-4-8)15-12(16-11)10-6-17-7-14-10/h5-8H,1-4H2. The zero-order valence-electron chi connectivity index (χ0n) is 9.27. The zero-order chi connectivity index (χ0) is 11.7. The van der Waals surface area contributed by atoms with Crippen LogP contribution in [-0.2, 0) is 0 Å². The largest absolute Gasteiger partial charge is 0.241 e. The molecule has 0 amide bonds. The van der Waals surface area contributed by atoms with Crippen molar-refractivity contribution < 1.29 is 0 Å². The van der Waals surface area contributed by atoms with Crippen molar-refractivity contribution in [3.8, 4) is 11.5 Å². The lowest BCUT2D eigenvalue weighted by Crippen LogP contribution is -2.00. The number of nitrogens with zero attached hydrogens (tertiary/aromatic N) is 3. The summed E-state index contributed by atoms with van der Waals surface area (Å²) in [5, 5.41) is 2.47. The summed E-state index contributed by atoms with van der Waals surface area (Å²) in [6, 6.07) is 1.90. The Labute approximate surface area is 109 Å². The maximum atomic E-state index is 6.07. The molecule has 2 aromatic rings. The third kappa shape index (κ3) is 2.33. The predicted octanol–water partition coefficient (Wildman–Crippen LogP) is 3.91. The molecule has 17 heavy (non-hydrogen) atoms. The minimum absolute atomic E-state index is 0.518. The summed E-state index contributed by atoms with van der Waals surface area (Å²) in [4.78, 5) is 13.1. The van der Waals surface area contributed by atoms with Gasteiger partial charge in [0.05, 0.1) is 5.51 Å². The van der Waals surface area contributed by atoms with Gasteiger partial charge in [-0.05, 0) is 18.9 Å². The van der Waals surface area contributed by atoms with Crippen LogP contribution in [0.1, 0.15) is 37.3 Å². The van der Waals surface area contributed by atoms with Gasteiger partial charge >= 0.3 is 0 Å². The van der Waals surface area contributed by atoms with E-state index in [1.807, 2.05) is 11.4 Å². The first-order valence-electron chi connectivity index (χ1n) is 5.76. The van der Waals surface area contributed by atoms with Gasteiger partial charge in [-0.25, -0.2) is 15.0 Å². The van der Waals surface area contributed by atoms with Gasteiger partial charge in [-0.1, -0.05) is 24.4 Å². The van der Waals surface area contributed by atoms with Crippen LogP contribution in [-0.4, -0.2) is 15.0 Å². The van der Waals surface area contributed by atoms with Crippen LogP contribution in [0.15, 0.2) is 17.0 Å². The Kier molecular flexibility index (Phi) is 3.07. The van der Waals surface area contributed by atoms with Crippen LogP contribution in [0, 0.1) is 0 Å². The highest BCUT2D eigenvalue weighted by atomic mass is 35.5. The summed E-state index contributed by atoms with van der Waals surface area (Å²) in [6.07, 6.45) is 5.00. The van der Waals surface area contributed by atoms with Gasteiger partial charge in [-0.15, -0.1) is 11.3 Å². The number of hydrogen-bond acceptors (Lipinski definition) is 4. The fourth-order valence-corrected chi connectivity index (χ4v) is 3.03. The highest BCUT2D eigenvalue weighted by Gasteiger charge is 2.20. The van der Waals surface area contributed by atoms with Gasteiger partial charge in [0, 0.05) is 17.0 Å². The molecule has 0 saturated heterocycles. The quantitative estimate of drug-likeness (QED) is 0.773. The van der Waals surface area contributed by atoms with Gasteiger partial charge in [0.15, 0.2) is 5.82 Å². The molecule has 5 heteroatoms. The van der Waals surface area contributed by atoms with E-state index in [0.717, 1.165) is 11.4 Å².